The molecule has 1 aliphatic heterocycles. The summed E-state index contributed by atoms with van der Waals surface area (Å²) in [7, 11) is 0. The Morgan fingerprint density at radius 3 is 2.85 bits per heavy atom. The van der Waals surface area contributed by atoms with Gasteiger partial charge in [0.2, 0.25) is 5.95 Å². The first-order chi connectivity index (χ1) is 13.2. The summed E-state index contributed by atoms with van der Waals surface area (Å²) in [6.07, 6.45) is 2.94. The zero-order valence-electron chi connectivity index (χ0n) is 15.9. The van der Waals surface area contributed by atoms with E-state index in [1.807, 2.05) is 38.1 Å². The van der Waals surface area contributed by atoms with E-state index in [4.69, 9.17) is 9.47 Å². The van der Waals surface area contributed by atoms with Gasteiger partial charge in [0.05, 0.1) is 18.8 Å². The Morgan fingerprint density at radius 2 is 2.07 bits per heavy atom. The molecular weight excluding hydrogens is 346 g/mol. The highest BCUT2D eigenvalue weighted by atomic mass is 16.5. The highest BCUT2D eigenvalue weighted by molar-refractivity contribution is 5.92. The fourth-order valence-corrected chi connectivity index (χ4v) is 3.15. The van der Waals surface area contributed by atoms with Crippen LogP contribution in [-0.4, -0.2) is 39.4 Å². The molecule has 2 heterocycles. The Kier molecular flexibility index (Phi) is 6.05. The van der Waals surface area contributed by atoms with E-state index in [9.17, 15) is 4.79 Å². The fraction of sp³-hybridized carbons (Fsp3) is 0.474. The van der Waals surface area contributed by atoms with E-state index in [1.54, 1.807) is 4.68 Å². The Labute approximate surface area is 158 Å². The zero-order chi connectivity index (χ0) is 19.2. The van der Waals surface area contributed by atoms with Crippen LogP contribution < -0.4 is 10.1 Å². The van der Waals surface area contributed by atoms with E-state index in [1.165, 1.54) is 0 Å². The average molecular weight is 371 g/mol. The fourth-order valence-electron chi connectivity index (χ4n) is 3.15. The van der Waals surface area contributed by atoms with Gasteiger partial charge < -0.3 is 14.8 Å². The van der Waals surface area contributed by atoms with Crippen molar-refractivity contribution in [3.63, 3.8) is 0 Å². The van der Waals surface area contributed by atoms with Crippen molar-refractivity contribution in [2.24, 2.45) is 0 Å². The molecule has 0 aliphatic carbocycles. The third kappa shape index (κ3) is 3.94. The molecule has 1 atom stereocenters. The molecule has 1 aromatic carbocycles. The Bertz CT molecular complexity index is 830. The topological polar surface area (TPSA) is 91.2 Å². The molecule has 0 saturated carbocycles. The molecule has 1 aromatic heterocycles. The Hall–Kier alpha value is -2.90. The van der Waals surface area contributed by atoms with E-state index in [0.29, 0.717) is 36.2 Å². The molecule has 144 valence electrons. The van der Waals surface area contributed by atoms with Crippen molar-refractivity contribution >= 4 is 11.9 Å². The number of nitrogens with one attached hydrogen (secondary N) is 1. The number of benzene rings is 1. The molecule has 0 spiro atoms. The number of hydrogen-bond acceptors (Lipinski definition) is 7. The number of carbonyl (C=O) groups excluding carboxylic acids is 1. The van der Waals surface area contributed by atoms with Gasteiger partial charge in [-0.3, -0.25) is 0 Å². The lowest BCUT2D eigenvalue weighted by Gasteiger charge is -2.28. The van der Waals surface area contributed by atoms with Crippen LogP contribution in [-0.2, 0) is 9.53 Å². The molecule has 0 amide bonds. The number of fused-ring (bicyclic) bond motifs is 1. The van der Waals surface area contributed by atoms with Gasteiger partial charge in [0.1, 0.15) is 11.8 Å². The molecule has 1 aliphatic rings. The quantitative estimate of drug-likeness (QED) is 0.563. The maximum atomic E-state index is 12.9. The molecule has 0 bridgehead atoms. The normalized spacial score (nSPS) is 15.9. The minimum Gasteiger partial charge on any atom is -0.494 e. The van der Waals surface area contributed by atoms with Crippen molar-refractivity contribution in [2.45, 2.75) is 46.1 Å². The van der Waals surface area contributed by atoms with Crippen LogP contribution >= 0.6 is 0 Å². The number of nitrogens with zero attached hydrogens (tertiary/aromatic N) is 4. The average Bonchev–Trinajstić information content (AvgIpc) is 3.13. The standard InChI is InChI=1S/C19H25N5O3/c1-4-6-9-12-27-18(25)16-13(3)20-19-21-22-23-24(19)17(16)14-10-7-8-11-15(14)26-5-2/h7-8,10-11,17H,4-6,9,12H2,1-3H3,(H,20,21,23)/t17-/m1/s1. The predicted molar refractivity (Wildman–Crippen MR) is 100 cm³/mol. The first-order valence-electron chi connectivity index (χ1n) is 9.31. The van der Waals surface area contributed by atoms with Crippen LogP contribution in [0.4, 0.5) is 5.95 Å². The number of allylic oxidation sites excluding steroid dienone is 1. The van der Waals surface area contributed by atoms with Gasteiger partial charge in [0.15, 0.2) is 0 Å². The van der Waals surface area contributed by atoms with Crippen LogP contribution in [0.1, 0.15) is 51.6 Å². The SMILES string of the molecule is CCCCCOC(=O)C1=C(C)Nc2nnnn2[C@@H]1c1ccccc1OCC. The van der Waals surface area contributed by atoms with E-state index < -0.39 is 6.04 Å². The molecule has 0 fully saturated rings. The first-order valence-corrected chi connectivity index (χ1v) is 9.31. The van der Waals surface area contributed by atoms with Gasteiger partial charge in [-0.25, -0.2) is 4.79 Å². The van der Waals surface area contributed by atoms with Crippen molar-refractivity contribution in [1.29, 1.82) is 0 Å². The van der Waals surface area contributed by atoms with Crippen molar-refractivity contribution in [3.8, 4) is 5.75 Å². The smallest absolute Gasteiger partial charge is 0.338 e. The summed E-state index contributed by atoms with van der Waals surface area (Å²) in [5, 5.41) is 14.9. The summed E-state index contributed by atoms with van der Waals surface area (Å²) >= 11 is 0. The summed E-state index contributed by atoms with van der Waals surface area (Å²) < 4.78 is 12.9. The van der Waals surface area contributed by atoms with E-state index in [-0.39, 0.29) is 5.97 Å². The molecule has 2 aromatic rings. The number of carbonyl (C=O) groups is 1. The molecule has 0 unspecified atom stereocenters. The van der Waals surface area contributed by atoms with Crippen LogP contribution in [0.25, 0.3) is 0 Å². The summed E-state index contributed by atoms with van der Waals surface area (Å²) in [5.74, 6) is 0.803. The summed E-state index contributed by atoms with van der Waals surface area (Å²) in [5.41, 5.74) is 1.97. The lowest BCUT2D eigenvalue weighted by Crippen LogP contribution is -2.30. The van der Waals surface area contributed by atoms with E-state index >= 15 is 0 Å². The highest BCUT2D eigenvalue weighted by Gasteiger charge is 2.36. The molecule has 0 saturated heterocycles. The van der Waals surface area contributed by atoms with Gasteiger partial charge in [-0.05, 0) is 36.8 Å². The zero-order valence-corrected chi connectivity index (χ0v) is 15.9. The van der Waals surface area contributed by atoms with Gasteiger partial charge in [-0.15, -0.1) is 0 Å². The molecular formula is C19H25N5O3. The summed E-state index contributed by atoms with van der Waals surface area (Å²) in [6, 6.07) is 7.09. The number of anilines is 1. The minimum atomic E-state index is -0.516. The third-order valence-corrected chi connectivity index (χ3v) is 4.43. The first kappa shape index (κ1) is 18.9. The second kappa shape index (κ2) is 8.66. The number of hydrogen-bond donors (Lipinski definition) is 1. The minimum absolute atomic E-state index is 0.367. The Balaban J connectivity index is 1.99. The number of tetrazole rings is 1. The largest absolute Gasteiger partial charge is 0.494 e. The second-order valence-electron chi connectivity index (χ2n) is 6.33. The summed E-state index contributed by atoms with van der Waals surface area (Å²) in [6.45, 7) is 6.78. The maximum Gasteiger partial charge on any atom is 0.338 e. The van der Waals surface area contributed by atoms with E-state index in [2.05, 4.69) is 27.8 Å². The Morgan fingerprint density at radius 1 is 1.26 bits per heavy atom. The van der Waals surface area contributed by atoms with Crippen LogP contribution in [0, 0.1) is 0 Å². The van der Waals surface area contributed by atoms with Gasteiger partial charge in [0, 0.05) is 11.3 Å². The van der Waals surface area contributed by atoms with Gasteiger partial charge in [0.25, 0.3) is 0 Å². The lowest BCUT2D eigenvalue weighted by atomic mass is 9.95. The predicted octanol–water partition coefficient (Wildman–Crippen LogP) is 3.09. The van der Waals surface area contributed by atoms with Gasteiger partial charge >= 0.3 is 5.97 Å². The van der Waals surface area contributed by atoms with Crippen molar-refractivity contribution < 1.29 is 14.3 Å². The number of esters is 1. The monoisotopic (exact) mass is 371 g/mol. The van der Waals surface area contributed by atoms with Crippen LogP contribution in [0.5, 0.6) is 5.75 Å². The molecule has 8 heteroatoms. The van der Waals surface area contributed by atoms with Crippen molar-refractivity contribution in [3.05, 3.63) is 41.1 Å². The summed E-state index contributed by atoms with van der Waals surface area (Å²) in [4.78, 5) is 12.9. The molecule has 3 rings (SSSR count). The van der Waals surface area contributed by atoms with Gasteiger partial charge in [-0.2, -0.15) is 4.68 Å². The number of unbranched alkanes of at least 4 members (excludes halogenated alkanes) is 2. The third-order valence-electron chi connectivity index (χ3n) is 4.43. The van der Waals surface area contributed by atoms with Gasteiger partial charge in [-0.1, -0.05) is 43.1 Å². The molecule has 1 N–H and O–H groups in total. The molecule has 0 radical (unpaired) electrons. The van der Waals surface area contributed by atoms with E-state index in [0.717, 1.165) is 24.8 Å². The maximum absolute atomic E-state index is 12.9. The highest BCUT2D eigenvalue weighted by Crippen LogP contribution is 2.38. The number of aromatic nitrogens is 4. The molecule has 8 nitrogen and oxygen atoms in total. The van der Waals surface area contributed by atoms with Crippen LogP contribution in [0.15, 0.2) is 35.5 Å². The lowest BCUT2D eigenvalue weighted by molar-refractivity contribution is -0.139. The molecule has 27 heavy (non-hydrogen) atoms. The van der Waals surface area contributed by atoms with Crippen molar-refractivity contribution in [2.75, 3.05) is 18.5 Å². The number of ether oxygens (including phenoxy) is 2. The van der Waals surface area contributed by atoms with Crippen LogP contribution in [0.2, 0.25) is 0 Å². The number of para-hydroxylation sites is 1. The van der Waals surface area contributed by atoms with Crippen molar-refractivity contribution in [1.82, 2.24) is 20.2 Å². The van der Waals surface area contributed by atoms with Crippen LogP contribution in [0.3, 0.4) is 0 Å². The second-order valence-corrected chi connectivity index (χ2v) is 6.33. The number of rotatable bonds is 8.